The first kappa shape index (κ1) is 15.0. The molecule has 0 atom stereocenters. The van der Waals surface area contributed by atoms with E-state index in [1.54, 1.807) is 6.08 Å². The van der Waals surface area contributed by atoms with Crippen LogP contribution in [0.2, 0.25) is 0 Å². The molecular formula is C14H17N3O4. The number of carboxylic acids is 1. The first-order valence-electron chi connectivity index (χ1n) is 6.61. The Bertz CT molecular complexity index is 730. The van der Waals surface area contributed by atoms with E-state index in [0.717, 1.165) is 0 Å². The van der Waals surface area contributed by atoms with Gasteiger partial charge in [-0.15, -0.1) is 6.58 Å². The molecule has 2 aromatic heterocycles. The lowest BCUT2D eigenvalue weighted by atomic mass is 10.2. The number of fused-ring (bicyclic) bond motifs is 1. The van der Waals surface area contributed by atoms with Crippen LogP contribution in [0.5, 0.6) is 0 Å². The van der Waals surface area contributed by atoms with Crippen molar-refractivity contribution in [2.45, 2.75) is 20.0 Å². The van der Waals surface area contributed by atoms with Crippen LogP contribution in [0, 0.1) is 0 Å². The third-order valence-corrected chi connectivity index (χ3v) is 3.08. The number of ether oxygens (including phenoxy) is 1. The summed E-state index contributed by atoms with van der Waals surface area (Å²) in [6, 6.07) is 1.45. The Labute approximate surface area is 121 Å². The molecule has 2 rings (SSSR count). The van der Waals surface area contributed by atoms with Gasteiger partial charge < -0.3 is 9.84 Å². The summed E-state index contributed by atoms with van der Waals surface area (Å²) in [4.78, 5) is 27.5. The second-order valence-electron chi connectivity index (χ2n) is 4.40. The third-order valence-electron chi connectivity index (χ3n) is 3.08. The van der Waals surface area contributed by atoms with Gasteiger partial charge in [-0.1, -0.05) is 6.08 Å². The Kier molecular flexibility index (Phi) is 4.54. The van der Waals surface area contributed by atoms with Crippen LogP contribution in [0.15, 0.2) is 29.7 Å². The number of imidazole rings is 1. The first-order valence-corrected chi connectivity index (χ1v) is 6.61. The second kappa shape index (κ2) is 6.36. The maximum atomic E-state index is 12.4. The highest BCUT2D eigenvalue weighted by molar-refractivity contribution is 5.90. The average molecular weight is 291 g/mol. The Balaban J connectivity index is 2.58. The lowest BCUT2D eigenvalue weighted by Crippen LogP contribution is -2.25. The minimum Gasteiger partial charge on any atom is -0.478 e. The van der Waals surface area contributed by atoms with Crippen molar-refractivity contribution in [3.05, 3.63) is 41.0 Å². The lowest BCUT2D eigenvalue weighted by Gasteiger charge is -2.02. The van der Waals surface area contributed by atoms with Gasteiger partial charge in [0.05, 0.1) is 24.2 Å². The molecule has 1 N–H and O–H groups in total. The number of aromatic carboxylic acids is 1. The van der Waals surface area contributed by atoms with Gasteiger partial charge in [-0.2, -0.15) is 0 Å². The fraction of sp³-hybridized carbons (Fsp3) is 0.357. The van der Waals surface area contributed by atoms with Gasteiger partial charge in [-0.05, 0) is 13.0 Å². The van der Waals surface area contributed by atoms with E-state index in [0.29, 0.717) is 37.5 Å². The summed E-state index contributed by atoms with van der Waals surface area (Å²) in [5.74, 6) is -1.08. The number of nitrogens with zero attached hydrogens (tertiary/aromatic N) is 3. The number of aromatic nitrogens is 3. The van der Waals surface area contributed by atoms with Gasteiger partial charge in [0.15, 0.2) is 5.65 Å². The van der Waals surface area contributed by atoms with Crippen molar-refractivity contribution in [3.8, 4) is 0 Å². The van der Waals surface area contributed by atoms with Crippen LogP contribution >= 0.6 is 0 Å². The molecule has 0 aliphatic heterocycles. The average Bonchev–Trinajstić information content (AvgIpc) is 2.73. The zero-order valence-corrected chi connectivity index (χ0v) is 11.8. The fourth-order valence-electron chi connectivity index (χ4n) is 2.12. The van der Waals surface area contributed by atoms with Gasteiger partial charge >= 0.3 is 11.7 Å². The van der Waals surface area contributed by atoms with Gasteiger partial charge in [0, 0.05) is 19.3 Å². The van der Waals surface area contributed by atoms with Crippen molar-refractivity contribution in [1.82, 2.24) is 14.1 Å². The molecule has 0 spiro atoms. The number of carbonyl (C=O) groups is 1. The SMILES string of the molecule is C=CCn1c(=O)n(CCOCC)c2ncc(C(=O)O)cc21. The van der Waals surface area contributed by atoms with E-state index in [-0.39, 0.29) is 11.3 Å². The summed E-state index contributed by atoms with van der Waals surface area (Å²) in [5.41, 5.74) is 0.727. The molecule has 0 saturated carbocycles. The van der Waals surface area contributed by atoms with E-state index < -0.39 is 5.97 Å². The summed E-state index contributed by atoms with van der Waals surface area (Å²) in [7, 11) is 0. The number of rotatable bonds is 7. The van der Waals surface area contributed by atoms with Crippen molar-refractivity contribution in [3.63, 3.8) is 0 Å². The van der Waals surface area contributed by atoms with Gasteiger partial charge in [-0.3, -0.25) is 9.13 Å². The largest absolute Gasteiger partial charge is 0.478 e. The van der Waals surface area contributed by atoms with E-state index in [4.69, 9.17) is 9.84 Å². The van der Waals surface area contributed by atoms with Gasteiger partial charge in [0.1, 0.15) is 0 Å². The second-order valence-corrected chi connectivity index (χ2v) is 4.40. The Hall–Kier alpha value is -2.41. The molecule has 2 heterocycles. The fourth-order valence-corrected chi connectivity index (χ4v) is 2.12. The molecule has 0 unspecified atom stereocenters. The van der Waals surface area contributed by atoms with E-state index in [1.807, 2.05) is 6.92 Å². The number of pyridine rings is 1. The lowest BCUT2D eigenvalue weighted by molar-refractivity contribution is 0.0696. The van der Waals surface area contributed by atoms with Gasteiger partial charge in [0.25, 0.3) is 0 Å². The summed E-state index contributed by atoms with van der Waals surface area (Å²) in [6.45, 7) is 7.11. The topological polar surface area (TPSA) is 86.4 Å². The molecule has 112 valence electrons. The van der Waals surface area contributed by atoms with E-state index in [2.05, 4.69) is 11.6 Å². The van der Waals surface area contributed by atoms with Crippen LogP contribution < -0.4 is 5.69 Å². The third kappa shape index (κ3) is 2.87. The highest BCUT2D eigenvalue weighted by Gasteiger charge is 2.15. The van der Waals surface area contributed by atoms with Crippen molar-refractivity contribution < 1.29 is 14.6 Å². The minimum absolute atomic E-state index is 0.0438. The molecule has 7 nitrogen and oxygen atoms in total. The molecule has 21 heavy (non-hydrogen) atoms. The molecule has 7 heteroatoms. The zero-order chi connectivity index (χ0) is 15.4. The summed E-state index contributed by atoms with van der Waals surface area (Å²) >= 11 is 0. The number of hydrogen-bond acceptors (Lipinski definition) is 4. The van der Waals surface area contributed by atoms with Crippen LogP contribution in [-0.2, 0) is 17.8 Å². The Morgan fingerprint density at radius 2 is 2.29 bits per heavy atom. The van der Waals surface area contributed by atoms with E-state index >= 15 is 0 Å². The number of allylic oxidation sites excluding steroid dienone is 1. The smallest absolute Gasteiger partial charge is 0.337 e. The molecular weight excluding hydrogens is 274 g/mol. The minimum atomic E-state index is -1.08. The van der Waals surface area contributed by atoms with Crippen LogP contribution in [0.1, 0.15) is 17.3 Å². The van der Waals surface area contributed by atoms with Crippen LogP contribution in [0.3, 0.4) is 0 Å². The molecule has 2 aromatic rings. The van der Waals surface area contributed by atoms with E-state index in [9.17, 15) is 9.59 Å². The molecule has 0 amide bonds. The van der Waals surface area contributed by atoms with E-state index in [1.165, 1.54) is 21.4 Å². The molecule has 0 fully saturated rings. The van der Waals surface area contributed by atoms with Crippen molar-refractivity contribution >= 4 is 17.1 Å². The Morgan fingerprint density at radius 1 is 1.52 bits per heavy atom. The highest BCUT2D eigenvalue weighted by Crippen LogP contribution is 2.13. The van der Waals surface area contributed by atoms with Crippen molar-refractivity contribution in [1.29, 1.82) is 0 Å². The molecule has 0 aliphatic carbocycles. The number of hydrogen-bond donors (Lipinski definition) is 1. The molecule has 0 radical (unpaired) electrons. The normalized spacial score (nSPS) is 10.9. The maximum absolute atomic E-state index is 12.4. The first-order chi connectivity index (χ1) is 10.1. The monoisotopic (exact) mass is 291 g/mol. The molecule has 0 aromatic carbocycles. The predicted molar refractivity (Wildman–Crippen MR) is 77.6 cm³/mol. The summed E-state index contributed by atoms with van der Waals surface area (Å²) in [5, 5.41) is 9.04. The Morgan fingerprint density at radius 3 is 2.90 bits per heavy atom. The number of carboxylic acid groups (broad SMARTS) is 1. The van der Waals surface area contributed by atoms with Crippen LogP contribution in [0.4, 0.5) is 0 Å². The summed E-state index contributed by atoms with van der Waals surface area (Å²) < 4.78 is 8.20. The molecule has 0 aliphatic rings. The van der Waals surface area contributed by atoms with Crippen LogP contribution in [-0.4, -0.2) is 38.4 Å². The van der Waals surface area contributed by atoms with Gasteiger partial charge in [0.2, 0.25) is 0 Å². The van der Waals surface area contributed by atoms with Crippen molar-refractivity contribution in [2.24, 2.45) is 0 Å². The molecule has 0 bridgehead atoms. The predicted octanol–water partition coefficient (Wildman–Crippen LogP) is 1.12. The molecule has 0 saturated heterocycles. The quantitative estimate of drug-likeness (QED) is 0.610. The summed E-state index contributed by atoms with van der Waals surface area (Å²) in [6.07, 6.45) is 2.83. The van der Waals surface area contributed by atoms with Crippen LogP contribution in [0.25, 0.3) is 11.2 Å². The standard InChI is InChI=1S/C14H17N3O4/c1-3-5-16-11-8-10(13(18)19)9-15-12(11)17(14(16)20)6-7-21-4-2/h3,8-9H,1,4-7H2,2H3,(H,18,19). The maximum Gasteiger partial charge on any atom is 0.337 e. The van der Waals surface area contributed by atoms with Gasteiger partial charge in [-0.25, -0.2) is 14.6 Å². The zero-order valence-electron chi connectivity index (χ0n) is 11.8. The highest BCUT2D eigenvalue weighted by atomic mass is 16.5. The van der Waals surface area contributed by atoms with Crippen molar-refractivity contribution in [2.75, 3.05) is 13.2 Å².